The molecule has 0 spiro atoms. The Morgan fingerprint density at radius 1 is 1.20 bits per heavy atom. The predicted octanol–water partition coefficient (Wildman–Crippen LogP) is 4.29. The summed E-state index contributed by atoms with van der Waals surface area (Å²) in [5.74, 6) is -0.419. The van der Waals surface area contributed by atoms with E-state index in [1.165, 1.54) is 41.3 Å². The molecule has 0 fully saturated rings. The van der Waals surface area contributed by atoms with Gasteiger partial charge in [0.15, 0.2) is 0 Å². The van der Waals surface area contributed by atoms with Gasteiger partial charge in [0.05, 0.1) is 23.3 Å². The monoisotopic (exact) mass is 443 g/mol. The van der Waals surface area contributed by atoms with Gasteiger partial charge in [0.1, 0.15) is 5.82 Å². The highest BCUT2D eigenvalue weighted by Gasteiger charge is 2.15. The van der Waals surface area contributed by atoms with Crippen molar-refractivity contribution in [1.82, 2.24) is 9.78 Å². The smallest absolute Gasteiger partial charge is 0.261 e. The van der Waals surface area contributed by atoms with E-state index in [2.05, 4.69) is 25.8 Å². The van der Waals surface area contributed by atoms with Crippen LogP contribution in [0.5, 0.6) is 0 Å². The van der Waals surface area contributed by atoms with Gasteiger partial charge in [0.25, 0.3) is 10.0 Å². The zero-order valence-electron chi connectivity index (χ0n) is 12.7. The number of hydrogen-bond acceptors (Lipinski definition) is 3. The van der Waals surface area contributed by atoms with Gasteiger partial charge in [0, 0.05) is 15.7 Å². The summed E-state index contributed by atoms with van der Waals surface area (Å²) >= 11 is 9.25. The van der Waals surface area contributed by atoms with Crippen molar-refractivity contribution >= 4 is 43.2 Å². The Hall–Kier alpha value is -1.90. The van der Waals surface area contributed by atoms with Gasteiger partial charge >= 0.3 is 0 Å². The molecule has 0 aliphatic carbocycles. The average Bonchev–Trinajstić information content (AvgIpc) is 2.97. The van der Waals surface area contributed by atoms with Crippen LogP contribution < -0.4 is 4.72 Å². The molecule has 0 aliphatic heterocycles. The Labute approximate surface area is 157 Å². The lowest BCUT2D eigenvalue weighted by Crippen LogP contribution is -2.12. The Balaban J connectivity index is 1.76. The Bertz CT molecular complexity index is 1010. The minimum Gasteiger partial charge on any atom is -0.276 e. The summed E-state index contributed by atoms with van der Waals surface area (Å²) < 4.78 is 42.5. The minimum absolute atomic E-state index is 0.144. The summed E-state index contributed by atoms with van der Waals surface area (Å²) in [5, 5.41) is 4.38. The highest BCUT2D eigenvalue weighted by Crippen LogP contribution is 2.20. The van der Waals surface area contributed by atoms with Gasteiger partial charge in [-0.1, -0.05) is 33.6 Å². The van der Waals surface area contributed by atoms with E-state index in [9.17, 15) is 12.8 Å². The molecule has 3 aromatic rings. The lowest BCUT2D eigenvalue weighted by Gasteiger charge is -2.06. The van der Waals surface area contributed by atoms with Crippen LogP contribution in [0.2, 0.25) is 5.02 Å². The van der Waals surface area contributed by atoms with Gasteiger partial charge in [-0.15, -0.1) is 0 Å². The highest BCUT2D eigenvalue weighted by atomic mass is 79.9. The van der Waals surface area contributed by atoms with Crippen LogP contribution in [0.3, 0.4) is 0 Å². The number of rotatable bonds is 5. The molecule has 0 aliphatic rings. The van der Waals surface area contributed by atoms with Gasteiger partial charge in [-0.3, -0.25) is 9.40 Å². The second-order valence-corrected chi connectivity index (χ2v) is 8.23. The Kier molecular flexibility index (Phi) is 5.12. The fraction of sp³-hybridized carbons (Fsp3) is 0.0625. The Morgan fingerprint density at radius 2 is 1.92 bits per heavy atom. The summed E-state index contributed by atoms with van der Waals surface area (Å²) in [6.07, 6.45) is 2.93. The molecule has 5 nitrogen and oxygen atoms in total. The molecule has 1 aromatic heterocycles. The molecule has 3 rings (SSSR count). The number of halogens is 3. The molecule has 9 heteroatoms. The third-order valence-electron chi connectivity index (χ3n) is 3.36. The number of anilines is 1. The minimum atomic E-state index is -3.70. The first kappa shape index (κ1) is 17.9. The maximum Gasteiger partial charge on any atom is 0.261 e. The summed E-state index contributed by atoms with van der Waals surface area (Å²) in [6.45, 7) is 0.291. The third kappa shape index (κ3) is 4.39. The lowest BCUT2D eigenvalue weighted by atomic mass is 10.2. The van der Waals surface area contributed by atoms with Crippen molar-refractivity contribution in [2.24, 2.45) is 0 Å². The standard InChI is InChI=1S/C16H12BrClFN3O2S/c17-12-2-5-15(6-3-12)25(23,24)21-14-8-20-22(10-14)9-11-1-4-13(19)7-16(11)18/h1-8,10,21H,9H2. The van der Waals surface area contributed by atoms with Crippen LogP contribution in [-0.2, 0) is 16.6 Å². The number of hydrogen-bond donors (Lipinski definition) is 1. The van der Waals surface area contributed by atoms with Gasteiger partial charge in [-0.05, 0) is 42.0 Å². The van der Waals surface area contributed by atoms with Gasteiger partial charge in [0.2, 0.25) is 0 Å². The van der Waals surface area contributed by atoms with Crippen molar-refractivity contribution in [3.05, 3.63) is 75.7 Å². The summed E-state index contributed by atoms with van der Waals surface area (Å²) in [4.78, 5) is 0.144. The first-order chi connectivity index (χ1) is 11.8. The zero-order chi connectivity index (χ0) is 18.0. The third-order valence-corrected chi connectivity index (χ3v) is 5.63. The van der Waals surface area contributed by atoms with E-state index in [4.69, 9.17) is 11.6 Å². The van der Waals surface area contributed by atoms with Crippen molar-refractivity contribution in [3.63, 3.8) is 0 Å². The molecule has 25 heavy (non-hydrogen) atoms. The SMILES string of the molecule is O=S(=O)(Nc1cnn(Cc2ccc(F)cc2Cl)c1)c1ccc(Br)cc1. The number of aromatic nitrogens is 2. The molecule has 0 bridgehead atoms. The van der Waals surface area contributed by atoms with Crippen LogP contribution >= 0.6 is 27.5 Å². The fourth-order valence-corrected chi connectivity index (χ4v) is 3.67. The highest BCUT2D eigenvalue weighted by molar-refractivity contribution is 9.10. The van der Waals surface area contributed by atoms with Crippen LogP contribution in [0, 0.1) is 5.82 Å². The quantitative estimate of drug-likeness (QED) is 0.638. The van der Waals surface area contributed by atoms with Crippen molar-refractivity contribution in [2.45, 2.75) is 11.4 Å². The molecule has 0 saturated carbocycles. The van der Waals surface area contributed by atoms with Crippen molar-refractivity contribution in [2.75, 3.05) is 4.72 Å². The second-order valence-electron chi connectivity index (χ2n) is 5.22. The van der Waals surface area contributed by atoms with Crippen molar-refractivity contribution in [1.29, 1.82) is 0 Å². The van der Waals surface area contributed by atoms with E-state index < -0.39 is 15.8 Å². The fourth-order valence-electron chi connectivity index (χ4n) is 2.16. The number of benzene rings is 2. The van der Waals surface area contributed by atoms with Gasteiger partial charge in [-0.25, -0.2) is 12.8 Å². The molecule has 130 valence electrons. The first-order valence-electron chi connectivity index (χ1n) is 7.08. The average molecular weight is 445 g/mol. The van der Waals surface area contributed by atoms with Gasteiger partial charge in [-0.2, -0.15) is 5.10 Å². The van der Waals surface area contributed by atoms with Crippen molar-refractivity contribution in [3.8, 4) is 0 Å². The van der Waals surface area contributed by atoms with Crippen LogP contribution in [0.15, 0.2) is 64.2 Å². The molecule has 1 N–H and O–H groups in total. The topological polar surface area (TPSA) is 64.0 Å². The van der Waals surface area contributed by atoms with E-state index in [0.29, 0.717) is 17.8 Å². The Morgan fingerprint density at radius 3 is 2.60 bits per heavy atom. The zero-order valence-corrected chi connectivity index (χ0v) is 15.8. The van der Waals surface area contributed by atoms with Crippen LogP contribution in [0.25, 0.3) is 0 Å². The molecule has 0 radical (unpaired) electrons. The number of nitrogens with zero attached hydrogens (tertiary/aromatic N) is 2. The van der Waals surface area contributed by atoms with E-state index in [1.807, 2.05) is 0 Å². The van der Waals surface area contributed by atoms with Crippen LogP contribution in [0.1, 0.15) is 5.56 Å². The van der Waals surface area contributed by atoms with E-state index >= 15 is 0 Å². The maximum atomic E-state index is 13.1. The summed E-state index contributed by atoms with van der Waals surface area (Å²) in [5.41, 5.74) is 0.995. The number of sulfonamides is 1. The predicted molar refractivity (Wildman–Crippen MR) is 97.7 cm³/mol. The van der Waals surface area contributed by atoms with E-state index in [1.54, 1.807) is 18.2 Å². The molecule has 2 aromatic carbocycles. The lowest BCUT2D eigenvalue weighted by molar-refractivity contribution is 0.601. The molecule has 0 saturated heterocycles. The second kappa shape index (κ2) is 7.15. The first-order valence-corrected chi connectivity index (χ1v) is 9.74. The van der Waals surface area contributed by atoms with Crippen LogP contribution in [-0.4, -0.2) is 18.2 Å². The van der Waals surface area contributed by atoms with E-state index in [0.717, 1.165) is 4.47 Å². The molecule has 0 atom stereocenters. The van der Waals surface area contributed by atoms with Gasteiger partial charge < -0.3 is 0 Å². The van der Waals surface area contributed by atoms with E-state index in [-0.39, 0.29) is 9.92 Å². The van der Waals surface area contributed by atoms with Crippen molar-refractivity contribution < 1.29 is 12.8 Å². The molecular weight excluding hydrogens is 433 g/mol. The number of nitrogens with one attached hydrogen (secondary N) is 1. The summed E-state index contributed by atoms with van der Waals surface area (Å²) in [7, 11) is -3.70. The molecule has 0 amide bonds. The largest absolute Gasteiger partial charge is 0.276 e. The maximum absolute atomic E-state index is 13.1. The summed E-state index contributed by atoms with van der Waals surface area (Å²) in [6, 6.07) is 10.4. The normalized spacial score (nSPS) is 11.5. The molecular formula is C16H12BrClFN3O2S. The molecule has 0 unspecified atom stereocenters. The molecule has 1 heterocycles. The van der Waals surface area contributed by atoms with Crippen LogP contribution in [0.4, 0.5) is 10.1 Å².